The summed E-state index contributed by atoms with van der Waals surface area (Å²) >= 11 is 0. The van der Waals surface area contributed by atoms with Crippen molar-refractivity contribution >= 4 is 51.5 Å². The van der Waals surface area contributed by atoms with Crippen molar-refractivity contribution in [2.24, 2.45) is 0 Å². The van der Waals surface area contributed by atoms with Crippen LogP contribution < -0.4 is 55.8 Å². The molecule has 220 valence electrons. The molecule has 6 aromatic carbocycles. The molecule has 0 amide bonds. The van der Waals surface area contributed by atoms with Gasteiger partial charge in [-0.15, -0.1) is 10.2 Å². The Bertz CT molecular complexity index is 1670. The molecule has 0 saturated heterocycles. The predicted molar refractivity (Wildman–Crippen MR) is 171 cm³/mol. The first-order valence-electron chi connectivity index (χ1n) is 13.7. The molecule has 0 N–H and O–H groups in total. The van der Waals surface area contributed by atoms with Gasteiger partial charge in [-0.25, -0.2) is 18.6 Å². The van der Waals surface area contributed by atoms with Crippen LogP contribution >= 0.6 is 14.4 Å². The molecule has 44 heavy (non-hydrogen) atoms. The van der Waals surface area contributed by atoms with E-state index in [9.17, 15) is 0 Å². The van der Waals surface area contributed by atoms with E-state index < -0.39 is 24.6 Å². The predicted octanol–water partition coefficient (Wildman–Crippen LogP) is 1.19. The fraction of sp³-hybridized carbons (Fsp3) is 0. The topological polar surface area (TPSA) is 109 Å². The molecule has 6 rings (SSSR count). The summed E-state index contributed by atoms with van der Waals surface area (Å²) in [7, 11) is -10.4. The molecule has 0 unspecified atom stereocenters. The Morgan fingerprint density at radius 3 is 1.00 bits per heavy atom. The van der Waals surface area contributed by atoms with Gasteiger partial charge in [-0.05, 0) is 48.5 Å². The highest BCUT2D eigenvalue weighted by Gasteiger charge is 2.48. The molecule has 0 saturated carbocycles. The van der Waals surface area contributed by atoms with Crippen molar-refractivity contribution in [3.63, 3.8) is 0 Å². The van der Waals surface area contributed by atoms with Gasteiger partial charge in [0.25, 0.3) is 0 Å². The van der Waals surface area contributed by atoms with E-state index in [0.717, 1.165) is 15.9 Å². The highest BCUT2D eigenvalue weighted by Crippen LogP contribution is 2.54. The molecule has 0 aliphatic heterocycles. The second-order valence-electron chi connectivity index (χ2n) is 9.86. The number of rotatable bonds is 7. The van der Waals surface area contributed by atoms with Gasteiger partial charge in [-0.1, -0.05) is 127 Å². The number of halogens is 1. The Balaban J connectivity index is 0.000000712. The molecule has 0 aromatic heterocycles. The van der Waals surface area contributed by atoms with E-state index in [1.54, 1.807) is 0 Å². The van der Waals surface area contributed by atoms with Crippen LogP contribution in [0.3, 0.4) is 0 Å². The van der Waals surface area contributed by atoms with Crippen LogP contribution in [0.15, 0.2) is 176 Å². The van der Waals surface area contributed by atoms with Crippen molar-refractivity contribution in [1.82, 2.24) is 0 Å². The van der Waals surface area contributed by atoms with E-state index in [1.165, 1.54) is 21.2 Å². The lowest BCUT2D eigenvalue weighted by Gasteiger charge is -2.28. The Hall–Kier alpha value is -3.89. The molecule has 6 aromatic rings. The van der Waals surface area contributed by atoms with Gasteiger partial charge in [0.05, 0.1) is 0 Å². The Morgan fingerprint density at radius 1 is 0.386 bits per heavy atom. The van der Waals surface area contributed by atoms with Crippen molar-refractivity contribution in [2.75, 3.05) is 0 Å². The fourth-order valence-electron chi connectivity index (χ4n) is 5.47. The molecule has 0 bridgehead atoms. The zero-order valence-electron chi connectivity index (χ0n) is 23.6. The third-order valence-electron chi connectivity index (χ3n) is 7.25. The van der Waals surface area contributed by atoms with Crippen LogP contribution in [-0.2, 0) is 4.57 Å². The first-order valence-corrected chi connectivity index (χ1v) is 18.5. The minimum absolute atomic E-state index is 0.844. The fourth-order valence-corrected chi connectivity index (χ4v) is 12.6. The second kappa shape index (κ2) is 13.8. The molecule has 0 atom stereocenters. The van der Waals surface area contributed by atoms with E-state index in [1.807, 2.05) is 66.7 Å². The van der Waals surface area contributed by atoms with E-state index in [-0.39, 0.29) is 0 Å². The number of benzene rings is 6. The van der Waals surface area contributed by atoms with Gasteiger partial charge in [0.15, 0.2) is 7.14 Å². The van der Waals surface area contributed by atoms with Gasteiger partial charge in [0.1, 0.15) is 28.5 Å². The maximum absolute atomic E-state index is 15.3. The first kappa shape index (κ1) is 31.5. The van der Waals surface area contributed by atoms with Crippen LogP contribution in [0.5, 0.6) is 0 Å². The van der Waals surface area contributed by atoms with Crippen LogP contribution in [-0.4, -0.2) is 0 Å². The maximum Gasteiger partial charge on any atom is 0.171 e. The summed E-state index contributed by atoms with van der Waals surface area (Å²) < 4.78 is 49.3. The van der Waals surface area contributed by atoms with E-state index in [4.69, 9.17) is 18.6 Å². The van der Waals surface area contributed by atoms with Crippen molar-refractivity contribution in [3.8, 4) is 0 Å². The Kier molecular flexibility index (Phi) is 9.90. The van der Waals surface area contributed by atoms with Crippen molar-refractivity contribution < 1.29 is 33.4 Å². The summed E-state index contributed by atoms with van der Waals surface area (Å²) in [6, 6.07) is 60.8. The van der Waals surface area contributed by atoms with Crippen LogP contribution in [0.2, 0.25) is 0 Å². The normalized spacial score (nSPS) is 11.7. The largest absolute Gasteiger partial charge is 0.309 e. The Morgan fingerprint density at radius 2 is 0.659 bits per heavy atom. The summed E-state index contributed by atoms with van der Waals surface area (Å²) in [5, 5.41) is 7.55. The average Bonchev–Trinajstić information content (AvgIpc) is 3.06. The lowest BCUT2D eigenvalue weighted by molar-refractivity contribution is -2.00. The van der Waals surface area contributed by atoms with Crippen LogP contribution in [0.1, 0.15) is 0 Å². The third-order valence-corrected chi connectivity index (χ3v) is 14.6. The average molecular weight is 639 g/mol. The SMILES string of the molecule is O=P(c1ccccc1)(c1ccccc1)c1cccc([P+](c2ccccc2)(c2ccccc2)c2ccccc2)c1.[O-][Cl+3]([O-])([O-])[O-]. The first-order chi connectivity index (χ1) is 21.2. The lowest BCUT2D eigenvalue weighted by Crippen LogP contribution is -2.68. The highest BCUT2D eigenvalue weighted by atomic mass is 35.7. The standard InChI is InChI=1S/C36H29OP2.ClHO4/c37-39(33-23-12-4-13-24-33,34-25-14-5-15-26-34)36-28-16-27-35(29-36)38(30-17-6-1-7-18-30,31-19-8-2-9-20-31)32-21-10-3-11-22-32;2-1(3,4)5/h1-29H;(H,2,3,4,5)/q+1;/p-1. The van der Waals surface area contributed by atoms with Crippen molar-refractivity contribution in [3.05, 3.63) is 176 Å². The van der Waals surface area contributed by atoms with Crippen LogP contribution in [0, 0.1) is 10.2 Å². The van der Waals surface area contributed by atoms with Gasteiger partial charge >= 0.3 is 0 Å². The molecular weight excluding hydrogens is 610 g/mol. The van der Waals surface area contributed by atoms with Gasteiger partial charge < -0.3 is 4.57 Å². The monoisotopic (exact) mass is 638 g/mol. The molecule has 8 heteroatoms. The molecule has 0 radical (unpaired) electrons. The smallest absolute Gasteiger partial charge is 0.171 e. The summed E-state index contributed by atoms with van der Waals surface area (Å²) in [4.78, 5) is 0. The van der Waals surface area contributed by atoms with Gasteiger partial charge in [0.2, 0.25) is 0 Å². The van der Waals surface area contributed by atoms with E-state index >= 15 is 4.57 Å². The summed E-state index contributed by atoms with van der Waals surface area (Å²) in [5.74, 6) is 0. The van der Waals surface area contributed by atoms with Gasteiger partial charge in [-0.2, -0.15) is 0 Å². The minimum Gasteiger partial charge on any atom is -0.309 e. The lowest BCUT2D eigenvalue weighted by atomic mass is 10.3. The van der Waals surface area contributed by atoms with Crippen LogP contribution in [0.25, 0.3) is 0 Å². The van der Waals surface area contributed by atoms with Crippen molar-refractivity contribution in [2.45, 2.75) is 0 Å². The third kappa shape index (κ3) is 6.76. The van der Waals surface area contributed by atoms with Gasteiger partial charge in [-0.3, -0.25) is 0 Å². The van der Waals surface area contributed by atoms with Crippen molar-refractivity contribution in [1.29, 1.82) is 0 Å². The molecule has 0 aliphatic carbocycles. The maximum atomic E-state index is 15.3. The quantitative estimate of drug-likeness (QED) is 0.244. The van der Waals surface area contributed by atoms with Crippen LogP contribution in [0.4, 0.5) is 0 Å². The zero-order chi connectivity index (χ0) is 31.0. The number of hydrogen-bond donors (Lipinski definition) is 0. The number of hydrogen-bond acceptors (Lipinski definition) is 5. The molecule has 0 fully saturated rings. The second-order valence-corrected chi connectivity index (χ2v) is 16.8. The molecule has 0 aliphatic rings. The van der Waals surface area contributed by atoms with Gasteiger partial charge in [0, 0.05) is 15.9 Å². The summed E-state index contributed by atoms with van der Waals surface area (Å²) in [6.45, 7) is 0. The van der Waals surface area contributed by atoms with E-state index in [0.29, 0.717) is 0 Å². The molecule has 0 spiro atoms. The molecule has 5 nitrogen and oxygen atoms in total. The molecule has 0 heterocycles. The zero-order valence-corrected chi connectivity index (χ0v) is 26.1. The highest BCUT2D eigenvalue weighted by molar-refractivity contribution is 8.01. The molecular formula is C36H29ClO5P2. The van der Waals surface area contributed by atoms with E-state index in [2.05, 4.69) is 109 Å². The minimum atomic E-state index is -4.94. The summed E-state index contributed by atoms with van der Waals surface area (Å²) in [5.41, 5.74) is 0. The summed E-state index contributed by atoms with van der Waals surface area (Å²) in [6.07, 6.45) is 0. The Labute approximate surface area is 260 Å².